The van der Waals surface area contributed by atoms with Crippen LogP contribution in [0.2, 0.25) is 0 Å². The predicted octanol–water partition coefficient (Wildman–Crippen LogP) is 3.60. The summed E-state index contributed by atoms with van der Waals surface area (Å²) in [6, 6.07) is 6.35. The number of alkyl halides is 2. The summed E-state index contributed by atoms with van der Waals surface area (Å²) in [6.45, 7) is -2.36. The van der Waals surface area contributed by atoms with E-state index in [-0.39, 0.29) is 11.7 Å². The van der Waals surface area contributed by atoms with Gasteiger partial charge in [0.05, 0.1) is 0 Å². The van der Waals surface area contributed by atoms with Crippen molar-refractivity contribution >= 4 is 5.91 Å². The van der Waals surface area contributed by atoms with Crippen LogP contribution in [0.3, 0.4) is 0 Å². The van der Waals surface area contributed by atoms with E-state index in [9.17, 15) is 13.6 Å². The molecule has 5 heteroatoms. The van der Waals surface area contributed by atoms with E-state index < -0.39 is 6.61 Å². The quantitative estimate of drug-likeness (QED) is 0.750. The Morgan fingerprint density at radius 3 is 2.67 bits per heavy atom. The van der Waals surface area contributed by atoms with Crippen molar-refractivity contribution in [3.63, 3.8) is 0 Å². The molecule has 21 heavy (non-hydrogen) atoms. The van der Waals surface area contributed by atoms with Gasteiger partial charge in [-0.05, 0) is 36.5 Å². The molecule has 1 aliphatic rings. The van der Waals surface area contributed by atoms with Crippen LogP contribution in [0, 0.1) is 5.92 Å². The van der Waals surface area contributed by atoms with Crippen LogP contribution >= 0.6 is 0 Å². The lowest BCUT2D eigenvalue weighted by atomic mass is 10.0. The molecule has 0 spiro atoms. The largest absolute Gasteiger partial charge is 0.435 e. The minimum Gasteiger partial charge on any atom is -0.435 e. The fourth-order valence-electron chi connectivity index (χ4n) is 2.38. The Kier molecular flexibility index (Phi) is 5.31. The molecule has 3 nitrogen and oxygen atoms in total. The molecule has 1 aromatic carbocycles. The highest BCUT2D eigenvalue weighted by Crippen LogP contribution is 2.21. The van der Waals surface area contributed by atoms with Crippen molar-refractivity contribution < 1.29 is 18.3 Å². The van der Waals surface area contributed by atoms with Crippen LogP contribution in [-0.2, 0) is 11.3 Å². The summed E-state index contributed by atoms with van der Waals surface area (Å²) in [7, 11) is 1.75. The number of hydrogen-bond acceptors (Lipinski definition) is 2. The van der Waals surface area contributed by atoms with Crippen molar-refractivity contribution in [1.29, 1.82) is 0 Å². The minimum atomic E-state index is -2.82. The Morgan fingerprint density at radius 1 is 1.38 bits per heavy atom. The molecule has 1 unspecified atom stereocenters. The van der Waals surface area contributed by atoms with Crippen LogP contribution < -0.4 is 4.74 Å². The summed E-state index contributed by atoms with van der Waals surface area (Å²) < 4.78 is 28.4. The first-order valence-electron chi connectivity index (χ1n) is 6.99. The number of amides is 1. The minimum absolute atomic E-state index is 0.0967. The van der Waals surface area contributed by atoms with Gasteiger partial charge in [0.25, 0.3) is 0 Å². The van der Waals surface area contributed by atoms with Crippen LogP contribution in [0.1, 0.15) is 24.8 Å². The van der Waals surface area contributed by atoms with Gasteiger partial charge < -0.3 is 9.64 Å². The van der Waals surface area contributed by atoms with Gasteiger partial charge in [0.2, 0.25) is 5.91 Å². The molecule has 0 fully saturated rings. The van der Waals surface area contributed by atoms with Gasteiger partial charge in [-0.25, -0.2) is 0 Å². The Hall–Kier alpha value is -1.91. The predicted molar refractivity (Wildman–Crippen MR) is 76.0 cm³/mol. The summed E-state index contributed by atoms with van der Waals surface area (Å²) in [6.07, 6.45) is 6.83. The number of carbonyl (C=O) groups is 1. The fourth-order valence-corrected chi connectivity index (χ4v) is 2.38. The molecule has 0 aromatic heterocycles. The van der Waals surface area contributed by atoms with Gasteiger partial charge in [-0.1, -0.05) is 24.3 Å². The lowest BCUT2D eigenvalue weighted by molar-refractivity contribution is -0.131. The van der Waals surface area contributed by atoms with Gasteiger partial charge in [0.1, 0.15) is 5.75 Å². The van der Waals surface area contributed by atoms with Crippen molar-refractivity contribution in [2.24, 2.45) is 5.92 Å². The summed E-state index contributed by atoms with van der Waals surface area (Å²) in [5, 5.41) is 0. The standard InChI is InChI=1S/C16H19F2NO2/c1-19(15(20)10-12-4-2-3-5-12)11-13-6-8-14(9-7-13)21-16(17)18/h2,4,6-9,12,16H,3,5,10-11H2,1H3. The Bertz CT molecular complexity index is 500. The zero-order valence-electron chi connectivity index (χ0n) is 12.0. The van der Waals surface area contributed by atoms with Crippen molar-refractivity contribution in [1.82, 2.24) is 4.90 Å². The number of rotatable bonds is 6. The van der Waals surface area contributed by atoms with Crippen molar-refractivity contribution in [3.8, 4) is 5.75 Å². The summed E-state index contributed by atoms with van der Waals surface area (Å²) >= 11 is 0. The second-order valence-corrected chi connectivity index (χ2v) is 5.24. The van der Waals surface area contributed by atoms with Crippen LogP contribution in [0.4, 0.5) is 8.78 Å². The molecule has 0 radical (unpaired) electrons. The monoisotopic (exact) mass is 295 g/mol. The van der Waals surface area contributed by atoms with Gasteiger partial charge in [0, 0.05) is 20.0 Å². The van der Waals surface area contributed by atoms with Gasteiger partial charge >= 0.3 is 6.61 Å². The molecule has 0 N–H and O–H groups in total. The van der Waals surface area contributed by atoms with E-state index in [1.54, 1.807) is 24.1 Å². The highest BCUT2D eigenvalue weighted by atomic mass is 19.3. The van der Waals surface area contributed by atoms with Gasteiger partial charge in [-0.15, -0.1) is 0 Å². The fraction of sp³-hybridized carbons (Fsp3) is 0.438. The number of hydrogen-bond donors (Lipinski definition) is 0. The topological polar surface area (TPSA) is 29.5 Å². The first kappa shape index (κ1) is 15.5. The molecule has 0 bridgehead atoms. The van der Waals surface area contributed by atoms with E-state index in [4.69, 9.17) is 0 Å². The van der Waals surface area contributed by atoms with Gasteiger partial charge in [0.15, 0.2) is 0 Å². The molecule has 2 rings (SSSR count). The molecule has 114 valence electrons. The van der Waals surface area contributed by atoms with E-state index in [1.165, 1.54) is 12.1 Å². The molecule has 0 aliphatic heterocycles. The maximum absolute atomic E-state index is 12.1. The molecule has 0 saturated heterocycles. The summed E-state index contributed by atoms with van der Waals surface area (Å²) in [5.74, 6) is 0.569. The molecular formula is C16H19F2NO2. The third kappa shape index (κ3) is 4.85. The van der Waals surface area contributed by atoms with Crippen molar-refractivity contribution in [2.45, 2.75) is 32.4 Å². The van der Waals surface area contributed by atoms with E-state index in [2.05, 4.69) is 16.9 Å². The van der Waals surface area contributed by atoms with Crippen LogP contribution in [0.25, 0.3) is 0 Å². The lowest BCUT2D eigenvalue weighted by Crippen LogP contribution is -2.27. The molecule has 1 amide bonds. The van der Waals surface area contributed by atoms with Crippen LogP contribution in [-0.4, -0.2) is 24.5 Å². The second kappa shape index (κ2) is 7.20. The van der Waals surface area contributed by atoms with E-state index in [0.717, 1.165) is 18.4 Å². The number of ether oxygens (including phenoxy) is 1. The molecule has 0 heterocycles. The zero-order chi connectivity index (χ0) is 15.2. The summed E-state index contributed by atoms with van der Waals surface area (Å²) in [5.41, 5.74) is 0.884. The zero-order valence-corrected chi connectivity index (χ0v) is 12.0. The highest BCUT2D eigenvalue weighted by Gasteiger charge is 2.17. The Morgan fingerprint density at radius 2 is 2.10 bits per heavy atom. The van der Waals surface area contributed by atoms with Crippen molar-refractivity contribution in [2.75, 3.05) is 7.05 Å². The van der Waals surface area contributed by atoms with Crippen LogP contribution in [0.5, 0.6) is 5.75 Å². The normalized spacial score (nSPS) is 17.2. The molecule has 1 aliphatic carbocycles. The van der Waals surface area contributed by atoms with E-state index in [0.29, 0.717) is 18.9 Å². The second-order valence-electron chi connectivity index (χ2n) is 5.24. The Labute approximate surface area is 123 Å². The third-order valence-corrected chi connectivity index (χ3v) is 3.54. The Balaban J connectivity index is 1.85. The summed E-state index contributed by atoms with van der Waals surface area (Å²) in [4.78, 5) is 13.7. The molecule has 1 atom stereocenters. The number of allylic oxidation sites excluding steroid dienone is 2. The highest BCUT2D eigenvalue weighted by molar-refractivity contribution is 5.76. The number of benzene rings is 1. The molecule has 0 saturated carbocycles. The van der Waals surface area contributed by atoms with Gasteiger partial charge in [-0.3, -0.25) is 4.79 Å². The number of nitrogens with zero attached hydrogens (tertiary/aromatic N) is 1. The lowest BCUT2D eigenvalue weighted by Gasteiger charge is -2.19. The third-order valence-electron chi connectivity index (χ3n) is 3.54. The smallest absolute Gasteiger partial charge is 0.387 e. The van der Waals surface area contributed by atoms with E-state index in [1.807, 2.05) is 0 Å². The van der Waals surface area contributed by atoms with Crippen LogP contribution in [0.15, 0.2) is 36.4 Å². The first-order valence-corrected chi connectivity index (χ1v) is 6.99. The SMILES string of the molecule is CN(Cc1ccc(OC(F)F)cc1)C(=O)CC1C=CCC1. The molecular weight excluding hydrogens is 276 g/mol. The average Bonchev–Trinajstić information content (AvgIpc) is 2.93. The number of halogens is 2. The first-order chi connectivity index (χ1) is 10.0. The maximum atomic E-state index is 12.1. The van der Waals surface area contributed by atoms with Crippen molar-refractivity contribution in [3.05, 3.63) is 42.0 Å². The maximum Gasteiger partial charge on any atom is 0.387 e. The number of carbonyl (C=O) groups excluding carboxylic acids is 1. The average molecular weight is 295 g/mol. The van der Waals surface area contributed by atoms with Gasteiger partial charge in [-0.2, -0.15) is 8.78 Å². The van der Waals surface area contributed by atoms with E-state index >= 15 is 0 Å². The molecule has 1 aromatic rings.